The molecule has 1 aromatic carbocycles. The van der Waals surface area contributed by atoms with Crippen LogP contribution in [0.3, 0.4) is 0 Å². The normalized spacial score (nSPS) is 16.3. The number of piperazine rings is 1. The Morgan fingerprint density at radius 3 is 2.93 bits per heavy atom. The second-order valence-electron chi connectivity index (χ2n) is 3.83. The van der Waals surface area contributed by atoms with Crippen LogP contribution in [0.15, 0.2) is 18.2 Å². The number of carbonyl (C=O) groups is 1. The highest BCUT2D eigenvalue weighted by Crippen LogP contribution is 2.24. The van der Waals surface area contributed by atoms with Crippen molar-refractivity contribution in [3.63, 3.8) is 0 Å². The number of amides is 1. The van der Waals surface area contributed by atoms with Gasteiger partial charge in [0.1, 0.15) is 0 Å². The summed E-state index contributed by atoms with van der Waals surface area (Å²) in [6.07, 6.45) is 0. The van der Waals surface area contributed by atoms with Crippen molar-refractivity contribution in [3.8, 4) is 0 Å². The van der Waals surface area contributed by atoms with Crippen LogP contribution < -0.4 is 16.0 Å². The average molecular weight is 205 g/mol. The highest BCUT2D eigenvalue weighted by molar-refractivity contribution is 5.84. The summed E-state index contributed by atoms with van der Waals surface area (Å²) in [5.74, 6) is 0.0567. The molecule has 1 fully saturated rings. The Kier molecular flexibility index (Phi) is 2.49. The molecule has 0 unspecified atom stereocenters. The lowest BCUT2D eigenvalue weighted by molar-refractivity contribution is -0.120. The molecule has 1 amide bonds. The van der Waals surface area contributed by atoms with Gasteiger partial charge in [0.2, 0.25) is 5.91 Å². The predicted molar refractivity (Wildman–Crippen MR) is 60.8 cm³/mol. The van der Waals surface area contributed by atoms with E-state index in [0.29, 0.717) is 13.1 Å². The molecule has 4 heteroatoms. The number of hydrogen-bond acceptors (Lipinski definition) is 3. The molecule has 1 heterocycles. The van der Waals surface area contributed by atoms with Gasteiger partial charge in [-0.15, -0.1) is 0 Å². The molecule has 3 N–H and O–H groups in total. The first-order valence-electron chi connectivity index (χ1n) is 5.04. The summed E-state index contributed by atoms with van der Waals surface area (Å²) in [4.78, 5) is 13.2. The summed E-state index contributed by atoms with van der Waals surface area (Å²) in [5, 5.41) is 2.79. The second-order valence-corrected chi connectivity index (χ2v) is 3.83. The number of nitrogens with two attached hydrogens (primary N) is 1. The molecule has 1 aromatic rings. The molecule has 80 valence electrons. The van der Waals surface area contributed by atoms with Gasteiger partial charge >= 0.3 is 0 Å². The zero-order chi connectivity index (χ0) is 10.8. The zero-order valence-corrected chi connectivity index (χ0v) is 8.79. The monoisotopic (exact) mass is 205 g/mol. The van der Waals surface area contributed by atoms with E-state index >= 15 is 0 Å². The van der Waals surface area contributed by atoms with Crippen molar-refractivity contribution in [1.29, 1.82) is 0 Å². The van der Waals surface area contributed by atoms with Crippen molar-refractivity contribution in [2.45, 2.75) is 6.92 Å². The number of carbonyl (C=O) groups excluding carboxylic acids is 1. The fourth-order valence-electron chi connectivity index (χ4n) is 1.81. The Hall–Kier alpha value is -1.71. The molecule has 0 saturated carbocycles. The van der Waals surface area contributed by atoms with Gasteiger partial charge in [0.05, 0.1) is 17.9 Å². The third kappa shape index (κ3) is 2.03. The molecule has 0 aliphatic carbocycles. The summed E-state index contributed by atoms with van der Waals surface area (Å²) in [6.45, 7) is 3.90. The number of anilines is 2. The molecule has 0 spiro atoms. The van der Waals surface area contributed by atoms with Crippen LogP contribution in [0.5, 0.6) is 0 Å². The SMILES string of the molecule is Cc1ccc(N2CCNC(=O)C2)c(N)c1. The van der Waals surface area contributed by atoms with Crippen molar-refractivity contribution >= 4 is 17.3 Å². The summed E-state index contributed by atoms with van der Waals surface area (Å²) >= 11 is 0. The maximum absolute atomic E-state index is 11.2. The van der Waals surface area contributed by atoms with E-state index in [2.05, 4.69) is 5.32 Å². The first-order valence-corrected chi connectivity index (χ1v) is 5.04. The van der Waals surface area contributed by atoms with E-state index in [9.17, 15) is 4.79 Å². The molecule has 0 radical (unpaired) electrons. The fraction of sp³-hybridized carbons (Fsp3) is 0.364. The van der Waals surface area contributed by atoms with Crippen molar-refractivity contribution in [1.82, 2.24) is 5.32 Å². The Bertz CT molecular complexity index is 389. The molecule has 0 aromatic heterocycles. The van der Waals surface area contributed by atoms with Crippen LogP contribution in [0.25, 0.3) is 0 Å². The number of aryl methyl sites for hydroxylation is 1. The molecule has 1 saturated heterocycles. The van der Waals surface area contributed by atoms with Gasteiger partial charge in [-0.3, -0.25) is 4.79 Å². The maximum Gasteiger partial charge on any atom is 0.239 e. The van der Waals surface area contributed by atoms with Gasteiger partial charge in [0, 0.05) is 13.1 Å². The van der Waals surface area contributed by atoms with Crippen molar-refractivity contribution in [2.24, 2.45) is 0 Å². The maximum atomic E-state index is 11.2. The van der Waals surface area contributed by atoms with Crippen LogP contribution in [0.1, 0.15) is 5.56 Å². The second kappa shape index (κ2) is 3.81. The molecule has 0 atom stereocenters. The Balaban J connectivity index is 2.24. The number of rotatable bonds is 1. The van der Waals surface area contributed by atoms with Gasteiger partial charge in [-0.25, -0.2) is 0 Å². The first kappa shape index (κ1) is 9.83. The number of hydrogen-bond donors (Lipinski definition) is 2. The topological polar surface area (TPSA) is 58.4 Å². The summed E-state index contributed by atoms with van der Waals surface area (Å²) in [7, 11) is 0. The Morgan fingerprint density at radius 1 is 1.47 bits per heavy atom. The molecule has 2 rings (SSSR count). The number of nitrogens with zero attached hydrogens (tertiary/aromatic N) is 1. The van der Waals surface area contributed by atoms with Gasteiger partial charge in [0.25, 0.3) is 0 Å². The summed E-state index contributed by atoms with van der Waals surface area (Å²) in [6, 6.07) is 5.92. The third-order valence-corrected chi connectivity index (χ3v) is 2.56. The van der Waals surface area contributed by atoms with Gasteiger partial charge < -0.3 is 16.0 Å². The van der Waals surface area contributed by atoms with Crippen molar-refractivity contribution in [2.75, 3.05) is 30.3 Å². The number of nitrogens with one attached hydrogen (secondary N) is 1. The lowest BCUT2D eigenvalue weighted by Gasteiger charge is -2.29. The molecular formula is C11H15N3O. The van der Waals surface area contributed by atoms with E-state index in [0.717, 1.165) is 23.5 Å². The standard InChI is InChI=1S/C11H15N3O/c1-8-2-3-10(9(12)6-8)14-5-4-13-11(15)7-14/h2-3,6H,4-5,7,12H2,1H3,(H,13,15). The van der Waals surface area contributed by atoms with Crippen LogP contribution in [-0.4, -0.2) is 25.5 Å². The van der Waals surface area contributed by atoms with Crippen LogP contribution in [0.4, 0.5) is 11.4 Å². The van der Waals surface area contributed by atoms with Crippen LogP contribution in [0, 0.1) is 6.92 Å². The molecule has 1 aliphatic heterocycles. The van der Waals surface area contributed by atoms with E-state index in [4.69, 9.17) is 5.73 Å². The van der Waals surface area contributed by atoms with Crippen LogP contribution >= 0.6 is 0 Å². The van der Waals surface area contributed by atoms with Crippen LogP contribution in [0.2, 0.25) is 0 Å². The molecule has 0 bridgehead atoms. The minimum atomic E-state index is 0.0567. The van der Waals surface area contributed by atoms with Gasteiger partial charge in [-0.05, 0) is 24.6 Å². The number of benzene rings is 1. The average Bonchev–Trinajstić information content (AvgIpc) is 2.17. The lowest BCUT2D eigenvalue weighted by Crippen LogP contribution is -2.47. The highest BCUT2D eigenvalue weighted by Gasteiger charge is 2.17. The van der Waals surface area contributed by atoms with Crippen molar-refractivity contribution in [3.05, 3.63) is 23.8 Å². The smallest absolute Gasteiger partial charge is 0.239 e. The minimum Gasteiger partial charge on any atom is -0.397 e. The molecule has 1 aliphatic rings. The minimum absolute atomic E-state index is 0.0567. The largest absolute Gasteiger partial charge is 0.397 e. The van der Waals surface area contributed by atoms with Crippen molar-refractivity contribution < 1.29 is 4.79 Å². The Labute approximate surface area is 89.1 Å². The van der Waals surface area contributed by atoms with Crippen LogP contribution in [-0.2, 0) is 4.79 Å². The van der Waals surface area contributed by atoms with E-state index in [1.165, 1.54) is 0 Å². The first-order chi connectivity index (χ1) is 7.16. The quantitative estimate of drug-likeness (QED) is 0.657. The number of nitrogen functional groups attached to an aromatic ring is 1. The fourth-order valence-corrected chi connectivity index (χ4v) is 1.81. The van der Waals surface area contributed by atoms with E-state index in [1.807, 2.05) is 30.0 Å². The lowest BCUT2D eigenvalue weighted by atomic mass is 10.1. The highest BCUT2D eigenvalue weighted by atomic mass is 16.2. The molecule has 15 heavy (non-hydrogen) atoms. The van der Waals surface area contributed by atoms with E-state index in [-0.39, 0.29) is 5.91 Å². The molecule has 4 nitrogen and oxygen atoms in total. The van der Waals surface area contributed by atoms with E-state index < -0.39 is 0 Å². The third-order valence-electron chi connectivity index (χ3n) is 2.56. The summed E-state index contributed by atoms with van der Waals surface area (Å²) in [5.41, 5.74) is 8.76. The Morgan fingerprint density at radius 2 is 2.27 bits per heavy atom. The van der Waals surface area contributed by atoms with Gasteiger partial charge in [0.15, 0.2) is 0 Å². The molecular weight excluding hydrogens is 190 g/mol. The predicted octanol–water partition coefficient (Wildman–Crippen LogP) is 0.513. The van der Waals surface area contributed by atoms with E-state index in [1.54, 1.807) is 0 Å². The zero-order valence-electron chi connectivity index (χ0n) is 8.79. The summed E-state index contributed by atoms with van der Waals surface area (Å²) < 4.78 is 0. The van der Waals surface area contributed by atoms with Gasteiger partial charge in [-0.2, -0.15) is 0 Å². The van der Waals surface area contributed by atoms with Gasteiger partial charge in [-0.1, -0.05) is 6.07 Å².